The van der Waals surface area contributed by atoms with E-state index in [1.807, 2.05) is 0 Å². The van der Waals surface area contributed by atoms with Crippen molar-refractivity contribution < 1.29 is 13.6 Å². The minimum Gasteiger partial charge on any atom is -0.119 e. The van der Waals surface area contributed by atoms with Crippen LogP contribution in [0.1, 0.15) is 80.1 Å². The van der Waals surface area contributed by atoms with Gasteiger partial charge < -0.3 is 0 Å². The van der Waals surface area contributed by atoms with E-state index in [1.165, 1.54) is 44.7 Å². The van der Waals surface area contributed by atoms with Crippen LogP contribution in [-0.4, -0.2) is 37.9 Å². The summed E-state index contributed by atoms with van der Waals surface area (Å²) in [5, 5.41) is 0. The highest BCUT2D eigenvalue weighted by atomic mass is 31.2. The number of rotatable bonds is 14. The van der Waals surface area contributed by atoms with Crippen LogP contribution in [0.4, 0.5) is 0 Å². The average molecular weight is 368 g/mol. The van der Waals surface area contributed by atoms with Gasteiger partial charge in [0.1, 0.15) is 13.2 Å². The second kappa shape index (κ2) is 18.8. The monoisotopic (exact) mass is 368 g/mol. The van der Waals surface area contributed by atoms with Crippen molar-refractivity contribution in [3.8, 4) is 0 Å². The normalized spacial score (nSPS) is 11.0. The summed E-state index contributed by atoms with van der Waals surface area (Å²) in [5.41, 5.74) is 0. The molecule has 0 aliphatic heterocycles. The van der Waals surface area contributed by atoms with E-state index in [-0.39, 0.29) is 0 Å². The van der Waals surface area contributed by atoms with E-state index in [4.69, 9.17) is 0 Å². The summed E-state index contributed by atoms with van der Waals surface area (Å²) in [7, 11) is -2.36. The summed E-state index contributed by atoms with van der Waals surface area (Å²) in [6.07, 6.45) is 14.9. The SMILES string of the molecule is CCCC[P+](CC)(CCCC)CCCC.CCO[P+](=O)OCC. The third-order valence-electron chi connectivity index (χ3n) is 4.10. The molecule has 0 unspecified atom stereocenters. The topological polar surface area (TPSA) is 35.5 Å². The molecule has 0 aromatic rings. The van der Waals surface area contributed by atoms with Crippen molar-refractivity contribution in [2.24, 2.45) is 0 Å². The zero-order valence-electron chi connectivity index (χ0n) is 16.6. The van der Waals surface area contributed by atoms with Crippen molar-refractivity contribution in [2.45, 2.75) is 80.1 Å². The molecule has 0 spiro atoms. The van der Waals surface area contributed by atoms with Crippen LogP contribution >= 0.6 is 15.5 Å². The maximum absolute atomic E-state index is 10.3. The first-order valence-corrected chi connectivity index (χ1v) is 13.3. The van der Waals surface area contributed by atoms with Crippen LogP contribution in [0, 0.1) is 0 Å². The molecule has 0 bridgehead atoms. The molecule has 0 rings (SSSR count). The minimum atomic E-state index is -1.83. The summed E-state index contributed by atoms with van der Waals surface area (Å²) in [4.78, 5) is 0. The van der Waals surface area contributed by atoms with Gasteiger partial charge in [0.25, 0.3) is 0 Å². The Morgan fingerprint density at radius 1 is 0.696 bits per heavy atom. The van der Waals surface area contributed by atoms with Crippen LogP contribution in [0.2, 0.25) is 0 Å². The summed E-state index contributed by atoms with van der Waals surface area (Å²) in [5.74, 6) is 0. The first-order valence-electron chi connectivity index (χ1n) is 9.63. The molecule has 3 nitrogen and oxygen atoms in total. The first-order chi connectivity index (χ1) is 11.1. The zero-order valence-corrected chi connectivity index (χ0v) is 18.4. The van der Waals surface area contributed by atoms with Crippen molar-refractivity contribution in [3.05, 3.63) is 0 Å². The van der Waals surface area contributed by atoms with Gasteiger partial charge in [-0.1, -0.05) is 40.0 Å². The second-order valence-corrected chi connectivity index (χ2v) is 11.6. The van der Waals surface area contributed by atoms with Crippen LogP contribution in [0.5, 0.6) is 0 Å². The van der Waals surface area contributed by atoms with Crippen LogP contribution in [0.15, 0.2) is 0 Å². The highest BCUT2D eigenvalue weighted by molar-refractivity contribution is 7.75. The summed E-state index contributed by atoms with van der Waals surface area (Å²) < 4.78 is 19.5. The predicted octanol–water partition coefficient (Wildman–Crippen LogP) is 7.14. The van der Waals surface area contributed by atoms with Crippen molar-refractivity contribution in [1.29, 1.82) is 0 Å². The van der Waals surface area contributed by atoms with E-state index in [0.717, 1.165) is 0 Å². The van der Waals surface area contributed by atoms with Gasteiger partial charge in [0, 0.05) is 11.8 Å². The molecule has 0 fully saturated rings. The Hall–Kier alpha value is 0.450. The molecule has 0 saturated heterocycles. The van der Waals surface area contributed by atoms with Crippen molar-refractivity contribution >= 4 is 15.5 Å². The molecule has 140 valence electrons. The van der Waals surface area contributed by atoms with Gasteiger partial charge in [0.05, 0.1) is 24.6 Å². The van der Waals surface area contributed by atoms with Crippen LogP contribution in [0.3, 0.4) is 0 Å². The fourth-order valence-corrected chi connectivity index (χ4v) is 7.62. The Bertz CT molecular complexity index is 231. The van der Waals surface area contributed by atoms with Gasteiger partial charge in [0.2, 0.25) is 0 Å². The molecule has 5 heteroatoms. The van der Waals surface area contributed by atoms with Crippen molar-refractivity contribution in [1.82, 2.24) is 0 Å². The zero-order chi connectivity index (χ0) is 18.0. The van der Waals surface area contributed by atoms with Crippen molar-refractivity contribution in [2.75, 3.05) is 37.9 Å². The standard InChI is InChI=1S/C14H32P.C4H10O3P/c1-5-9-12-15(8-4,13-10-6-2)14-11-7-3;1-3-6-8(5)7-4-2/h5-14H2,1-4H3;3-4H2,1-2H3/q2*+1. The third kappa shape index (κ3) is 15.7. The predicted molar refractivity (Wildman–Crippen MR) is 108 cm³/mol. The molecule has 23 heavy (non-hydrogen) atoms. The highest BCUT2D eigenvalue weighted by Crippen LogP contribution is 2.60. The lowest BCUT2D eigenvalue weighted by atomic mass is 10.4. The van der Waals surface area contributed by atoms with Gasteiger partial charge in [0.15, 0.2) is 0 Å². The Morgan fingerprint density at radius 3 is 1.26 bits per heavy atom. The Morgan fingerprint density at radius 2 is 1.04 bits per heavy atom. The van der Waals surface area contributed by atoms with Crippen LogP contribution in [-0.2, 0) is 13.6 Å². The van der Waals surface area contributed by atoms with Gasteiger partial charge in [-0.2, -0.15) is 0 Å². The number of unbranched alkanes of at least 4 members (excludes halogenated alkanes) is 3. The molecule has 0 radical (unpaired) electrons. The molecule has 0 aliphatic rings. The largest absolute Gasteiger partial charge is 0.697 e. The molecule has 0 aliphatic carbocycles. The van der Waals surface area contributed by atoms with E-state index in [2.05, 4.69) is 36.7 Å². The van der Waals surface area contributed by atoms with E-state index in [0.29, 0.717) is 13.2 Å². The number of hydrogen-bond donors (Lipinski definition) is 0. The van der Waals surface area contributed by atoms with Gasteiger partial charge >= 0.3 is 8.25 Å². The van der Waals surface area contributed by atoms with E-state index < -0.39 is 15.5 Å². The van der Waals surface area contributed by atoms with Crippen molar-refractivity contribution in [3.63, 3.8) is 0 Å². The lowest BCUT2D eigenvalue weighted by Gasteiger charge is -2.26. The lowest BCUT2D eigenvalue weighted by Crippen LogP contribution is -2.11. The Balaban J connectivity index is 0. The fraction of sp³-hybridized carbons (Fsp3) is 1.00. The van der Waals surface area contributed by atoms with Crippen LogP contribution < -0.4 is 0 Å². The molecular formula is C18H42O3P2+2. The maximum Gasteiger partial charge on any atom is 0.697 e. The second-order valence-electron chi connectivity index (χ2n) is 5.95. The third-order valence-corrected chi connectivity index (χ3v) is 10.2. The van der Waals surface area contributed by atoms with E-state index in [9.17, 15) is 4.57 Å². The molecule has 0 aromatic heterocycles. The fourth-order valence-electron chi connectivity index (χ4n) is 2.54. The van der Waals surface area contributed by atoms with Gasteiger partial charge in [-0.25, -0.2) is 0 Å². The smallest absolute Gasteiger partial charge is 0.119 e. The summed E-state index contributed by atoms with van der Waals surface area (Å²) in [6.45, 7) is 13.9. The average Bonchev–Trinajstić information content (AvgIpc) is 2.56. The molecule has 0 aromatic carbocycles. The lowest BCUT2D eigenvalue weighted by molar-refractivity contribution is 0.243. The molecule has 0 saturated carbocycles. The summed E-state index contributed by atoms with van der Waals surface area (Å²) in [6, 6.07) is 0. The van der Waals surface area contributed by atoms with Gasteiger partial charge in [-0.3, -0.25) is 0 Å². The highest BCUT2D eigenvalue weighted by Gasteiger charge is 2.32. The van der Waals surface area contributed by atoms with E-state index >= 15 is 0 Å². The molecule has 0 N–H and O–H groups in total. The maximum atomic E-state index is 10.3. The molecule has 0 heterocycles. The van der Waals surface area contributed by atoms with Crippen LogP contribution in [0.25, 0.3) is 0 Å². The first kappa shape index (κ1) is 25.7. The van der Waals surface area contributed by atoms with Gasteiger partial charge in [-0.05, 0) is 40.0 Å². The van der Waals surface area contributed by atoms with E-state index in [1.54, 1.807) is 32.3 Å². The molecule has 0 atom stereocenters. The Kier molecular flexibility index (Phi) is 21.0. The molecule has 0 amide bonds. The Labute approximate surface area is 147 Å². The molecular weight excluding hydrogens is 326 g/mol. The summed E-state index contributed by atoms with van der Waals surface area (Å²) >= 11 is 0. The van der Waals surface area contributed by atoms with Gasteiger partial charge in [-0.15, -0.1) is 9.05 Å². The minimum absolute atomic E-state index is 0.440. The quantitative estimate of drug-likeness (QED) is 0.306. The number of hydrogen-bond acceptors (Lipinski definition) is 3.